The minimum Gasteiger partial charge on any atom is -0.301 e. The van der Waals surface area contributed by atoms with Gasteiger partial charge in [-0.25, -0.2) is 0 Å². The molecule has 0 amide bonds. The van der Waals surface area contributed by atoms with Gasteiger partial charge in [0, 0.05) is 12.7 Å². The molecule has 2 nitrogen and oxygen atoms in total. The van der Waals surface area contributed by atoms with E-state index in [0.717, 1.165) is 18.8 Å². The summed E-state index contributed by atoms with van der Waals surface area (Å²) in [5.41, 5.74) is 1.14. The average Bonchev–Trinajstić information content (AvgIpc) is 2.22. The molecule has 13 heavy (non-hydrogen) atoms. The fraction of sp³-hybridized carbons (Fsp3) is 0.545. The second kappa shape index (κ2) is 7.74. The fourth-order valence-electron chi connectivity index (χ4n) is 0.880. The van der Waals surface area contributed by atoms with Crippen molar-refractivity contribution in [2.45, 2.75) is 27.3 Å². The van der Waals surface area contributed by atoms with Crippen LogP contribution in [-0.4, -0.2) is 23.5 Å². The number of pyridine rings is 1. The maximum atomic E-state index is 4.22. The van der Waals surface area contributed by atoms with Crippen molar-refractivity contribution in [1.82, 2.24) is 9.88 Å². The van der Waals surface area contributed by atoms with Gasteiger partial charge in [-0.1, -0.05) is 26.8 Å². The molecule has 0 aliphatic rings. The Bertz CT molecular complexity index is 197. The monoisotopic (exact) mass is 180 g/mol. The third-order valence-corrected chi connectivity index (χ3v) is 1.70. The maximum Gasteiger partial charge on any atom is 0.0543 e. The predicted octanol–water partition coefficient (Wildman–Crippen LogP) is 2.56. The van der Waals surface area contributed by atoms with Crippen LogP contribution in [0.2, 0.25) is 0 Å². The zero-order valence-corrected chi connectivity index (χ0v) is 9.12. The molecule has 0 saturated carbocycles. The number of aromatic nitrogens is 1. The van der Waals surface area contributed by atoms with Gasteiger partial charge in [-0.3, -0.25) is 4.98 Å². The van der Waals surface area contributed by atoms with Crippen molar-refractivity contribution in [3.8, 4) is 0 Å². The SMILES string of the molecule is CC.CCN(C)Cc1ccccn1. The standard InChI is InChI=1S/C9H14N2.C2H6/c1-3-11(2)8-9-6-4-5-7-10-9;1-2/h4-7H,3,8H2,1-2H3;1-2H3. The van der Waals surface area contributed by atoms with Crippen LogP contribution in [0.5, 0.6) is 0 Å². The lowest BCUT2D eigenvalue weighted by Gasteiger charge is -2.12. The van der Waals surface area contributed by atoms with Gasteiger partial charge in [-0.2, -0.15) is 0 Å². The normalized spacial score (nSPS) is 9.31. The molecule has 1 aromatic heterocycles. The van der Waals surface area contributed by atoms with Crippen LogP contribution >= 0.6 is 0 Å². The summed E-state index contributed by atoms with van der Waals surface area (Å²) in [6.07, 6.45) is 1.83. The molecule has 1 rings (SSSR count). The van der Waals surface area contributed by atoms with Crippen molar-refractivity contribution >= 4 is 0 Å². The van der Waals surface area contributed by atoms with Gasteiger partial charge in [-0.15, -0.1) is 0 Å². The smallest absolute Gasteiger partial charge is 0.0543 e. The number of rotatable bonds is 3. The van der Waals surface area contributed by atoms with Crippen molar-refractivity contribution in [2.75, 3.05) is 13.6 Å². The minimum atomic E-state index is 0.942. The highest BCUT2D eigenvalue weighted by Crippen LogP contribution is 1.96. The van der Waals surface area contributed by atoms with Crippen LogP contribution in [0.1, 0.15) is 26.5 Å². The van der Waals surface area contributed by atoms with E-state index in [1.807, 2.05) is 38.2 Å². The topological polar surface area (TPSA) is 16.1 Å². The van der Waals surface area contributed by atoms with Gasteiger partial charge in [0.2, 0.25) is 0 Å². The van der Waals surface area contributed by atoms with Crippen molar-refractivity contribution < 1.29 is 0 Å². The first kappa shape index (κ1) is 12.1. The molecule has 74 valence electrons. The van der Waals surface area contributed by atoms with E-state index in [4.69, 9.17) is 0 Å². The van der Waals surface area contributed by atoms with Gasteiger partial charge in [0.1, 0.15) is 0 Å². The van der Waals surface area contributed by atoms with E-state index < -0.39 is 0 Å². The van der Waals surface area contributed by atoms with Crippen LogP contribution in [0.15, 0.2) is 24.4 Å². The minimum absolute atomic E-state index is 0.942. The number of hydrogen-bond donors (Lipinski definition) is 0. The largest absolute Gasteiger partial charge is 0.301 e. The second-order valence-electron chi connectivity index (χ2n) is 2.65. The molecule has 0 unspecified atom stereocenters. The summed E-state index contributed by atoms with van der Waals surface area (Å²) >= 11 is 0. The van der Waals surface area contributed by atoms with E-state index in [0.29, 0.717) is 0 Å². The highest BCUT2D eigenvalue weighted by Gasteiger charge is 1.95. The van der Waals surface area contributed by atoms with Crippen molar-refractivity contribution in [3.63, 3.8) is 0 Å². The lowest BCUT2D eigenvalue weighted by Crippen LogP contribution is -2.17. The van der Waals surface area contributed by atoms with Gasteiger partial charge in [0.25, 0.3) is 0 Å². The van der Waals surface area contributed by atoms with Crippen LogP contribution in [0.4, 0.5) is 0 Å². The van der Waals surface area contributed by atoms with Crippen LogP contribution in [0.3, 0.4) is 0 Å². The van der Waals surface area contributed by atoms with Gasteiger partial charge >= 0.3 is 0 Å². The summed E-state index contributed by atoms with van der Waals surface area (Å²) in [7, 11) is 2.09. The first-order valence-corrected chi connectivity index (χ1v) is 4.91. The first-order chi connectivity index (χ1) is 6.33. The Hall–Kier alpha value is -0.890. The third kappa shape index (κ3) is 5.36. The highest BCUT2D eigenvalue weighted by atomic mass is 15.1. The molecule has 0 radical (unpaired) electrons. The molecule has 0 saturated heterocycles. The van der Waals surface area contributed by atoms with E-state index in [-0.39, 0.29) is 0 Å². The molecule has 0 bridgehead atoms. The van der Waals surface area contributed by atoms with Gasteiger partial charge in [0.15, 0.2) is 0 Å². The third-order valence-electron chi connectivity index (χ3n) is 1.70. The lowest BCUT2D eigenvalue weighted by molar-refractivity contribution is 0.341. The van der Waals surface area contributed by atoms with Crippen molar-refractivity contribution in [2.24, 2.45) is 0 Å². The molecule has 0 fully saturated rings. The zero-order chi connectivity index (χ0) is 10.1. The van der Waals surface area contributed by atoms with Crippen LogP contribution in [0, 0.1) is 0 Å². The van der Waals surface area contributed by atoms with Crippen LogP contribution in [-0.2, 0) is 6.54 Å². The van der Waals surface area contributed by atoms with Crippen molar-refractivity contribution in [1.29, 1.82) is 0 Å². The molecule has 0 atom stereocenters. The summed E-state index contributed by atoms with van der Waals surface area (Å²) in [6, 6.07) is 6.01. The van der Waals surface area contributed by atoms with E-state index in [1.165, 1.54) is 0 Å². The lowest BCUT2D eigenvalue weighted by atomic mass is 10.3. The summed E-state index contributed by atoms with van der Waals surface area (Å²) in [5, 5.41) is 0. The van der Waals surface area contributed by atoms with E-state index in [2.05, 4.69) is 23.9 Å². The molecule has 0 aliphatic carbocycles. The van der Waals surface area contributed by atoms with Crippen LogP contribution in [0.25, 0.3) is 0 Å². The van der Waals surface area contributed by atoms with Gasteiger partial charge < -0.3 is 4.90 Å². The molecular formula is C11H20N2. The molecule has 1 heterocycles. The van der Waals surface area contributed by atoms with Gasteiger partial charge in [0.05, 0.1) is 5.69 Å². The van der Waals surface area contributed by atoms with Gasteiger partial charge in [-0.05, 0) is 25.7 Å². The Morgan fingerprint density at radius 2 is 2.00 bits per heavy atom. The maximum absolute atomic E-state index is 4.22. The number of nitrogens with zero attached hydrogens (tertiary/aromatic N) is 2. The number of hydrogen-bond acceptors (Lipinski definition) is 2. The zero-order valence-electron chi connectivity index (χ0n) is 9.12. The summed E-state index contributed by atoms with van der Waals surface area (Å²) < 4.78 is 0. The molecule has 1 aromatic rings. The first-order valence-electron chi connectivity index (χ1n) is 4.91. The fourth-order valence-corrected chi connectivity index (χ4v) is 0.880. The predicted molar refractivity (Wildman–Crippen MR) is 57.6 cm³/mol. The Morgan fingerprint density at radius 1 is 1.31 bits per heavy atom. The Balaban J connectivity index is 0.000000671. The Kier molecular flexibility index (Phi) is 7.21. The van der Waals surface area contributed by atoms with E-state index in [1.54, 1.807) is 0 Å². The molecule has 0 aromatic carbocycles. The average molecular weight is 180 g/mol. The van der Waals surface area contributed by atoms with Crippen molar-refractivity contribution in [3.05, 3.63) is 30.1 Å². The molecular weight excluding hydrogens is 160 g/mol. The van der Waals surface area contributed by atoms with Crippen LogP contribution < -0.4 is 0 Å². The molecule has 0 N–H and O–H groups in total. The Labute approximate surface area is 81.6 Å². The summed E-state index contributed by atoms with van der Waals surface area (Å²) in [4.78, 5) is 6.45. The second-order valence-corrected chi connectivity index (χ2v) is 2.65. The summed E-state index contributed by atoms with van der Waals surface area (Å²) in [6.45, 7) is 8.15. The molecule has 0 spiro atoms. The molecule has 2 heteroatoms. The summed E-state index contributed by atoms with van der Waals surface area (Å²) in [5.74, 6) is 0. The Morgan fingerprint density at radius 3 is 2.46 bits per heavy atom. The van der Waals surface area contributed by atoms with E-state index >= 15 is 0 Å². The molecule has 0 aliphatic heterocycles. The quantitative estimate of drug-likeness (QED) is 0.710. The van der Waals surface area contributed by atoms with E-state index in [9.17, 15) is 0 Å². The highest BCUT2D eigenvalue weighted by molar-refractivity contribution is 5.02.